The normalized spacial score (nSPS) is 12.2. The van der Waals surface area contributed by atoms with Gasteiger partial charge in [0.15, 0.2) is 0 Å². The van der Waals surface area contributed by atoms with Crippen LogP contribution in [0.2, 0.25) is 0 Å². The average molecular weight is 381 g/mol. The molecule has 0 spiro atoms. The summed E-state index contributed by atoms with van der Waals surface area (Å²) in [6, 6.07) is 2.74. The minimum absolute atomic E-state index is 0.163. The lowest BCUT2D eigenvalue weighted by molar-refractivity contribution is -0.681. The second kappa shape index (κ2) is 8.26. The molecule has 0 saturated carbocycles. The third kappa shape index (κ3) is 4.13. The van der Waals surface area contributed by atoms with Gasteiger partial charge in [0.05, 0.1) is 0 Å². The number of aromatic nitrogens is 2. The summed E-state index contributed by atoms with van der Waals surface area (Å²) >= 11 is 0. The Morgan fingerprint density at radius 1 is 1.30 bits per heavy atom. The molecule has 0 aliphatic heterocycles. The number of nitrogens with zero attached hydrogens (tertiary/aromatic N) is 2. The Bertz CT molecular complexity index is 982. The molecule has 27 heavy (non-hydrogen) atoms. The van der Waals surface area contributed by atoms with Gasteiger partial charge in [0.25, 0.3) is 5.56 Å². The Morgan fingerprint density at radius 2 is 1.96 bits per heavy atom. The van der Waals surface area contributed by atoms with E-state index < -0.39 is 34.7 Å². The fourth-order valence-electron chi connectivity index (χ4n) is 2.87. The molecule has 0 bridgehead atoms. The maximum absolute atomic E-state index is 13.9. The molecule has 0 aliphatic rings. The smallest absolute Gasteiger partial charge is 0.332 e. The average Bonchev–Trinajstić information content (AvgIpc) is 2.61. The maximum Gasteiger partial charge on any atom is 0.332 e. The zero-order valence-corrected chi connectivity index (χ0v) is 15.5. The van der Waals surface area contributed by atoms with Crippen molar-refractivity contribution in [3.8, 4) is 0 Å². The predicted molar refractivity (Wildman–Crippen MR) is 96.5 cm³/mol. The van der Waals surface area contributed by atoms with Crippen LogP contribution < -0.4 is 22.3 Å². The van der Waals surface area contributed by atoms with E-state index in [1.807, 2.05) is 6.92 Å². The van der Waals surface area contributed by atoms with Crippen LogP contribution in [-0.4, -0.2) is 21.5 Å². The summed E-state index contributed by atoms with van der Waals surface area (Å²) in [4.78, 5) is 37.1. The van der Waals surface area contributed by atoms with Gasteiger partial charge in [-0.15, -0.1) is 0 Å². The second-order valence-electron chi connectivity index (χ2n) is 6.38. The van der Waals surface area contributed by atoms with Crippen LogP contribution in [0.25, 0.3) is 0 Å². The molecule has 0 radical (unpaired) electrons. The number of hydrogen-bond donors (Lipinski definition) is 2. The van der Waals surface area contributed by atoms with E-state index in [4.69, 9.17) is 5.73 Å². The van der Waals surface area contributed by atoms with Gasteiger partial charge < -0.3 is 11.1 Å². The van der Waals surface area contributed by atoms with Crippen molar-refractivity contribution in [2.75, 3.05) is 12.3 Å². The summed E-state index contributed by atoms with van der Waals surface area (Å²) in [6.07, 6.45) is 0.600. The maximum atomic E-state index is 13.9. The molecule has 7 nitrogen and oxygen atoms in total. The van der Waals surface area contributed by atoms with E-state index in [1.54, 1.807) is 6.92 Å². The Morgan fingerprint density at radius 3 is 2.56 bits per heavy atom. The highest BCUT2D eigenvalue weighted by atomic mass is 19.1. The molecule has 4 N–H and O–H groups in total. The van der Waals surface area contributed by atoms with E-state index >= 15 is 0 Å². The molecule has 146 valence electrons. The van der Waals surface area contributed by atoms with Crippen molar-refractivity contribution in [3.05, 3.63) is 61.8 Å². The Kier molecular flexibility index (Phi) is 6.27. The summed E-state index contributed by atoms with van der Waals surface area (Å²) in [5.41, 5.74) is 4.55. The van der Waals surface area contributed by atoms with Crippen LogP contribution in [-0.2, 0) is 13.6 Å². The topological polar surface area (TPSA) is 104 Å². The van der Waals surface area contributed by atoms with Crippen molar-refractivity contribution in [3.63, 3.8) is 0 Å². The SMILES string of the molecule is CCCn1c(N)c(C(=O)C[NH2+][C@H](C)c2ccc(F)cc2F)c(=O)n(C)c1=O. The van der Waals surface area contributed by atoms with E-state index in [9.17, 15) is 23.2 Å². The molecule has 0 amide bonds. The number of nitrogen functional groups attached to an aromatic ring is 1. The van der Waals surface area contributed by atoms with Gasteiger partial charge in [0.2, 0.25) is 5.78 Å². The van der Waals surface area contributed by atoms with Crippen LogP contribution in [0.15, 0.2) is 27.8 Å². The van der Waals surface area contributed by atoms with Gasteiger partial charge in [-0.1, -0.05) is 6.92 Å². The highest BCUT2D eigenvalue weighted by molar-refractivity contribution is 6.00. The van der Waals surface area contributed by atoms with Crippen molar-refractivity contribution in [2.45, 2.75) is 32.9 Å². The van der Waals surface area contributed by atoms with Crippen LogP contribution in [0.3, 0.4) is 0 Å². The largest absolute Gasteiger partial charge is 0.384 e. The lowest BCUT2D eigenvalue weighted by Crippen LogP contribution is -2.86. The molecule has 1 aromatic heterocycles. The first-order valence-electron chi connectivity index (χ1n) is 8.59. The number of ketones is 1. The number of benzene rings is 1. The molecule has 0 fully saturated rings. The number of nitrogens with two attached hydrogens (primary N) is 2. The quantitative estimate of drug-likeness (QED) is 0.674. The first-order valence-corrected chi connectivity index (χ1v) is 8.59. The molecule has 0 unspecified atom stereocenters. The monoisotopic (exact) mass is 381 g/mol. The molecule has 2 aromatic rings. The van der Waals surface area contributed by atoms with E-state index in [2.05, 4.69) is 0 Å². The number of halogens is 2. The lowest BCUT2D eigenvalue weighted by atomic mass is 10.1. The minimum atomic E-state index is -0.760. The number of carbonyl (C=O) groups is 1. The highest BCUT2D eigenvalue weighted by Crippen LogP contribution is 2.14. The summed E-state index contributed by atoms with van der Waals surface area (Å²) < 4.78 is 28.9. The number of anilines is 1. The second-order valence-corrected chi connectivity index (χ2v) is 6.38. The first-order chi connectivity index (χ1) is 12.7. The van der Waals surface area contributed by atoms with Crippen molar-refractivity contribution < 1.29 is 18.9 Å². The Balaban J connectivity index is 2.28. The Hall–Kier alpha value is -2.81. The third-order valence-corrected chi connectivity index (χ3v) is 4.42. The van der Waals surface area contributed by atoms with E-state index in [0.717, 1.165) is 16.7 Å². The predicted octanol–water partition coefficient (Wildman–Crippen LogP) is 0.325. The zero-order valence-electron chi connectivity index (χ0n) is 15.5. The summed E-state index contributed by atoms with van der Waals surface area (Å²) in [6.45, 7) is 3.59. The summed E-state index contributed by atoms with van der Waals surface area (Å²) in [5, 5.41) is 1.52. The van der Waals surface area contributed by atoms with Crippen molar-refractivity contribution in [1.29, 1.82) is 0 Å². The fourth-order valence-corrected chi connectivity index (χ4v) is 2.87. The van der Waals surface area contributed by atoms with Crippen molar-refractivity contribution in [1.82, 2.24) is 9.13 Å². The van der Waals surface area contributed by atoms with Crippen molar-refractivity contribution in [2.24, 2.45) is 7.05 Å². The van der Waals surface area contributed by atoms with E-state index in [-0.39, 0.29) is 30.0 Å². The standard InChI is InChI=1S/C18H22F2N4O3/c1-4-7-24-16(21)15(17(26)23(3)18(24)27)14(25)9-22-10(2)12-6-5-11(19)8-13(12)20/h5-6,8,10,22H,4,7,9,21H2,1-3H3/p+1/t10-/m1/s1. The number of hydrogen-bond acceptors (Lipinski definition) is 4. The number of Topliss-reactive ketones (excluding diaryl/α,β-unsaturated/α-hetero) is 1. The molecule has 0 aliphatic carbocycles. The molecule has 2 rings (SSSR count). The number of rotatable bonds is 7. The molecule has 9 heteroatoms. The number of quaternary nitrogens is 1. The lowest BCUT2D eigenvalue weighted by Gasteiger charge is -2.15. The van der Waals surface area contributed by atoms with Crippen molar-refractivity contribution >= 4 is 11.6 Å². The van der Waals surface area contributed by atoms with Gasteiger partial charge >= 0.3 is 5.69 Å². The first kappa shape index (κ1) is 20.5. The van der Waals surface area contributed by atoms with Crippen LogP contribution >= 0.6 is 0 Å². The third-order valence-electron chi connectivity index (χ3n) is 4.42. The van der Waals surface area contributed by atoms with Gasteiger partial charge in [-0.05, 0) is 25.5 Å². The fraction of sp³-hybridized carbons (Fsp3) is 0.389. The van der Waals surface area contributed by atoms with Gasteiger partial charge in [-0.3, -0.25) is 18.7 Å². The van der Waals surface area contributed by atoms with Crippen LogP contribution in [0, 0.1) is 11.6 Å². The minimum Gasteiger partial charge on any atom is -0.384 e. The molecule has 0 saturated heterocycles. The van der Waals surface area contributed by atoms with E-state index in [0.29, 0.717) is 6.42 Å². The van der Waals surface area contributed by atoms with Crippen LogP contribution in [0.4, 0.5) is 14.6 Å². The van der Waals surface area contributed by atoms with Gasteiger partial charge in [0.1, 0.15) is 35.6 Å². The molecular formula is C18H23F2N4O3+. The highest BCUT2D eigenvalue weighted by Gasteiger charge is 2.24. The zero-order chi connectivity index (χ0) is 20.3. The van der Waals surface area contributed by atoms with Gasteiger partial charge in [0, 0.05) is 25.2 Å². The van der Waals surface area contributed by atoms with Gasteiger partial charge in [-0.25, -0.2) is 13.6 Å². The van der Waals surface area contributed by atoms with E-state index in [1.165, 1.54) is 23.0 Å². The molecular weight excluding hydrogens is 358 g/mol. The van der Waals surface area contributed by atoms with Crippen LogP contribution in [0.1, 0.15) is 42.2 Å². The van der Waals surface area contributed by atoms with Crippen LogP contribution in [0.5, 0.6) is 0 Å². The number of carbonyl (C=O) groups excluding carboxylic acids is 1. The molecule has 1 aromatic carbocycles. The summed E-state index contributed by atoms with van der Waals surface area (Å²) in [7, 11) is 1.28. The van der Waals surface area contributed by atoms with Gasteiger partial charge in [-0.2, -0.15) is 0 Å². The Labute approximate surface area is 154 Å². The molecule has 1 heterocycles. The summed E-state index contributed by atoms with van der Waals surface area (Å²) in [5.74, 6) is -2.12. The molecule has 1 atom stereocenters.